The summed E-state index contributed by atoms with van der Waals surface area (Å²) >= 11 is 0. The van der Waals surface area contributed by atoms with Gasteiger partial charge in [-0.1, -0.05) is 0 Å². The maximum absolute atomic E-state index is 13.1. The van der Waals surface area contributed by atoms with E-state index in [1.807, 2.05) is 5.48 Å². The van der Waals surface area contributed by atoms with Crippen LogP contribution < -0.4 is 10.8 Å². The van der Waals surface area contributed by atoms with Gasteiger partial charge in [-0.05, 0) is 12.1 Å². The van der Waals surface area contributed by atoms with Crippen LogP contribution in [0.5, 0.6) is 0 Å². The van der Waals surface area contributed by atoms with Crippen LogP contribution in [0, 0.1) is 11.6 Å². The second-order valence-electron chi connectivity index (χ2n) is 3.92. The summed E-state index contributed by atoms with van der Waals surface area (Å²) in [4.78, 5) is 38.5. The minimum absolute atomic E-state index is 0.156. The monoisotopic (exact) mass is 286 g/mol. The van der Waals surface area contributed by atoms with Crippen LogP contribution in [0.4, 0.5) is 8.78 Å². The second kappa shape index (κ2) is 5.21. The zero-order valence-corrected chi connectivity index (χ0v) is 9.78. The lowest BCUT2D eigenvalue weighted by Crippen LogP contribution is -2.42. The Balaban J connectivity index is 2.31. The van der Waals surface area contributed by atoms with Gasteiger partial charge in [0.05, 0.1) is 11.1 Å². The van der Waals surface area contributed by atoms with Gasteiger partial charge >= 0.3 is 5.97 Å². The Labute approximate surface area is 110 Å². The molecular weight excluding hydrogens is 278 g/mol. The molecule has 2 rings (SSSR count). The normalized spacial score (nSPS) is 17.7. The summed E-state index contributed by atoms with van der Waals surface area (Å²) in [5.41, 5.74) is 0.686. The number of carboxylic acid groups (broad SMARTS) is 1. The lowest BCUT2D eigenvalue weighted by Gasteiger charge is -2.10. The van der Waals surface area contributed by atoms with Gasteiger partial charge in [-0.25, -0.2) is 19.1 Å². The zero-order valence-electron chi connectivity index (χ0n) is 9.78. The molecule has 3 N–H and O–H groups in total. The van der Waals surface area contributed by atoms with Crippen molar-refractivity contribution in [1.82, 2.24) is 10.8 Å². The summed E-state index contributed by atoms with van der Waals surface area (Å²) in [6.07, 6.45) is 0. The van der Waals surface area contributed by atoms with Crippen LogP contribution in [0.25, 0.3) is 0 Å². The molecule has 1 atom stereocenters. The number of aromatic carboxylic acids is 1. The van der Waals surface area contributed by atoms with Crippen molar-refractivity contribution in [3.8, 4) is 0 Å². The number of hydroxylamine groups is 1. The first-order valence-corrected chi connectivity index (χ1v) is 5.35. The first-order valence-electron chi connectivity index (χ1n) is 5.35. The molecule has 9 heteroatoms. The highest BCUT2D eigenvalue weighted by Gasteiger charge is 2.29. The van der Waals surface area contributed by atoms with E-state index >= 15 is 0 Å². The van der Waals surface area contributed by atoms with Crippen molar-refractivity contribution < 1.29 is 33.1 Å². The number of rotatable bonds is 3. The summed E-state index contributed by atoms with van der Waals surface area (Å²) in [5.74, 6) is -6.00. The lowest BCUT2D eigenvalue weighted by molar-refractivity contribution is -0.125. The smallest absolute Gasteiger partial charge is 0.336 e. The lowest BCUT2D eigenvalue weighted by atomic mass is 10.1. The molecule has 0 saturated carbocycles. The van der Waals surface area contributed by atoms with Crippen LogP contribution in [0.3, 0.4) is 0 Å². The average Bonchev–Trinajstić information content (AvgIpc) is 2.77. The van der Waals surface area contributed by atoms with Gasteiger partial charge in [-0.3, -0.25) is 14.4 Å². The van der Waals surface area contributed by atoms with Crippen molar-refractivity contribution >= 4 is 17.8 Å². The Morgan fingerprint density at radius 1 is 1.30 bits per heavy atom. The molecule has 1 aliphatic heterocycles. The van der Waals surface area contributed by atoms with Crippen LogP contribution >= 0.6 is 0 Å². The fourth-order valence-corrected chi connectivity index (χ4v) is 1.60. The van der Waals surface area contributed by atoms with E-state index in [0.717, 1.165) is 0 Å². The van der Waals surface area contributed by atoms with Crippen molar-refractivity contribution in [1.29, 1.82) is 0 Å². The number of amides is 2. The highest BCUT2D eigenvalue weighted by Crippen LogP contribution is 2.16. The topological polar surface area (TPSA) is 105 Å². The molecule has 1 heterocycles. The summed E-state index contributed by atoms with van der Waals surface area (Å²) in [5, 5.41) is 11.0. The number of carbonyl (C=O) groups excluding carboxylic acids is 2. The third-order valence-corrected chi connectivity index (χ3v) is 2.58. The van der Waals surface area contributed by atoms with Crippen molar-refractivity contribution in [2.75, 3.05) is 6.61 Å². The molecule has 1 saturated heterocycles. The van der Waals surface area contributed by atoms with E-state index in [2.05, 4.69) is 10.2 Å². The second-order valence-corrected chi connectivity index (χ2v) is 3.92. The van der Waals surface area contributed by atoms with Gasteiger partial charge in [0.15, 0.2) is 11.6 Å². The van der Waals surface area contributed by atoms with Gasteiger partial charge in [0, 0.05) is 0 Å². The molecule has 0 radical (unpaired) electrons. The molecule has 2 amide bonds. The van der Waals surface area contributed by atoms with Crippen LogP contribution in [0.15, 0.2) is 12.1 Å². The number of carbonyl (C=O) groups is 3. The average molecular weight is 286 g/mol. The molecule has 106 valence electrons. The van der Waals surface area contributed by atoms with E-state index < -0.39 is 46.6 Å². The number of halogens is 2. The van der Waals surface area contributed by atoms with Crippen LogP contribution in [-0.2, 0) is 9.63 Å². The summed E-state index contributed by atoms with van der Waals surface area (Å²) in [7, 11) is 0. The number of hydrogen-bond donors (Lipinski definition) is 3. The van der Waals surface area contributed by atoms with Crippen LogP contribution in [-0.4, -0.2) is 35.5 Å². The SMILES string of the molecule is O=C(O)c1cc(F)c(F)cc1C(=O)N[C@@H]1CONC1=O. The molecule has 0 spiro atoms. The largest absolute Gasteiger partial charge is 0.478 e. The van der Waals surface area contributed by atoms with E-state index in [4.69, 9.17) is 5.11 Å². The highest BCUT2D eigenvalue weighted by atomic mass is 19.2. The van der Waals surface area contributed by atoms with E-state index in [1.54, 1.807) is 0 Å². The molecule has 0 unspecified atom stereocenters. The maximum Gasteiger partial charge on any atom is 0.336 e. The van der Waals surface area contributed by atoms with Crippen molar-refractivity contribution in [2.24, 2.45) is 0 Å². The number of nitrogens with one attached hydrogen (secondary N) is 2. The molecule has 0 aromatic heterocycles. The Bertz CT molecular complexity index is 605. The minimum atomic E-state index is -1.60. The Morgan fingerprint density at radius 2 is 1.90 bits per heavy atom. The molecule has 20 heavy (non-hydrogen) atoms. The van der Waals surface area contributed by atoms with Crippen LogP contribution in [0.1, 0.15) is 20.7 Å². The van der Waals surface area contributed by atoms with Gasteiger partial charge in [-0.2, -0.15) is 0 Å². The molecule has 1 fully saturated rings. The van der Waals surface area contributed by atoms with Crippen molar-refractivity contribution in [3.05, 3.63) is 34.9 Å². The molecule has 1 aliphatic rings. The number of carboxylic acids is 1. The molecular formula is C11H8F2N2O5. The fourth-order valence-electron chi connectivity index (χ4n) is 1.60. The van der Waals surface area contributed by atoms with E-state index in [0.29, 0.717) is 12.1 Å². The fraction of sp³-hybridized carbons (Fsp3) is 0.182. The van der Waals surface area contributed by atoms with Crippen molar-refractivity contribution in [2.45, 2.75) is 6.04 Å². The standard InChI is InChI=1S/C11H8F2N2O5/c12-6-1-4(5(11(18)19)2-7(6)13)9(16)14-8-3-20-15-10(8)17/h1-2,8H,3H2,(H,14,16)(H,15,17)(H,18,19)/t8-/m1/s1. The van der Waals surface area contributed by atoms with Gasteiger partial charge in [0.2, 0.25) is 0 Å². The third kappa shape index (κ3) is 2.57. The summed E-state index contributed by atoms with van der Waals surface area (Å²) in [6.45, 7) is -0.156. The highest BCUT2D eigenvalue weighted by molar-refractivity contribution is 6.06. The predicted molar refractivity (Wildman–Crippen MR) is 58.7 cm³/mol. The quantitative estimate of drug-likeness (QED) is 0.715. The van der Waals surface area contributed by atoms with E-state index in [-0.39, 0.29) is 6.61 Å². The maximum atomic E-state index is 13.1. The summed E-state index contributed by atoms with van der Waals surface area (Å²) < 4.78 is 26.1. The Kier molecular flexibility index (Phi) is 3.61. The molecule has 0 aliphatic carbocycles. The van der Waals surface area contributed by atoms with E-state index in [9.17, 15) is 23.2 Å². The summed E-state index contributed by atoms with van der Waals surface area (Å²) in [6, 6.07) is -0.170. The Morgan fingerprint density at radius 3 is 2.40 bits per heavy atom. The molecule has 7 nitrogen and oxygen atoms in total. The number of benzene rings is 1. The molecule has 1 aromatic carbocycles. The van der Waals surface area contributed by atoms with Crippen molar-refractivity contribution in [3.63, 3.8) is 0 Å². The van der Waals surface area contributed by atoms with Crippen LogP contribution in [0.2, 0.25) is 0 Å². The molecule has 0 bridgehead atoms. The van der Waals surface area contributed by atoms with Gasteiger partial charge < -0.3 is 10.4 Å². The Hall–Kier alpha value is -2.55. The van der Waals surface area contributed by atoms with Gasteiger partial charge in [-0.15, -0.1) is 0 Å². The van der Waals surface area contributed by atoms with Gasteiger partial charge in [0.25, 0.3) is 11.8 Å². The predicted octanol–water partition coefficient (Wildman–Crippen LogP) is -0.177. The first-order chi connectivity index (χ1) is 9.40. The number of hydrogen-bond acceptors (Lipinski definition) is 4. The van der Waals surface area contributed by atoms with E-state index in [1.165, 1.54) is 0 Å². The first kappa shape index (κ1) is 13.9. The van der Waals surface area contributed by atoms with Gasteiger partial charge in [0.1, 0.15) is 12.6 Å². The molecule has 1 aromatic rings. The third-order valence-electron chi connectivity index (χ3n) is 2.58. The minimum Gasteiger partial charge on any atom is -0.478 e. The zero-order chi connectivity index (χ0) is 14.9.